The highest BCUT2D eigenvalue weighted by molar-refractivity contribution is 5.70. The van der Waals surface area contributed by atoms with Crippen molar-refractivity contribution in [3.8, 4) is 0 Å². The van der Waals surface area contributed by atoms with Crippen molar-refractivity contribution in [1.82, 2.24) is 10.3 Å². The van der Waals surface area contributed by atoms with Crippen molar-refractivity contribution in [2.75, 3.05) is 52.4 Å². The molecule has 0 unspecified atom stereocenters. The van der Waals surface area contributed by atoms with Gasteiger partial charge in [-0.2, -0.15) is 0 Å². The highest BCUT2D eigenvalue weighted by Gasteiger charge is 2.20. The van der Waals surface area contributed by atoms with E-state index in [0.29, 0.717) is 19.8 Å². The number of aryl methyl sites for hydroxylation is 1. The van der Waals surface area contributed by atoms with Crippen LogP contribution < -0.4 is 10.6 Å². The minimum absolute atomic E-state index is 0.00306. The summed E-state index contributed by atoms with van der Waals surface area (Å²) in [5.74, 6) is 0.598. The lowest BCUT2D eigenvalue weighted by atomic mass is 10.0. The first-order chi connectivity index (χ1) is 13.2. The third-order valence-electron chi connectivity index (χ3n) is 4.26. The fourth-order valence-corrected chi connectivity index (χ4v) is 2.99. The number of methoxy groups -OCH3 is 2. The minimum Gasteiger partial charge on any atom is -0.464 e. The topological polar surface area (TPSA) is 90.9 Å². The summed E-state index contributed by atoms with van der Waals surface area (Å²) in [6.07, 6.45) is 2.43. The maximum Gasteiger partial charge on any atom is 0.332 e. The number of nitrogens with zero attached hydrogens (tertiary/aromatic N) is 1. The van der Waals surface area contributed by atoms with Gasteiger partial charge >= 0.3 is 5.97 Å². The molecule has 8 nitrogen and oxygen atoms in total. The Morgan fingerprint density at radius 1 is 1.37 bits per heavy atom. The summed E-state index contributed by atoms with van der Waals surface area (Å²) >= 11 is 0. The van der Waals surface area contributed by atoms with Gasteiger partial charge in [0.05, 0.1) is 6.61 Å². The molecule has 2 N–H and O–H groups in total. The summed E-state index contributed by atoms with van der Waals surface area (Å²) in [4.78, 5) is 15.9. The lowest BCUT2D eigenvalue weighted by Gasteiger charge is -2.23. The third-order valence-corrected chi connectivity index (χ3v) is 4.26. The summed E-state index contributed by atoms with van der Waals surface area (Å²) in [6.45, 7) is 5.03. The van der Waals surface area contributed by atoms with Crippen molar-refractivity contribution in [2.45, 2.75) is 39.0 Å². The van der Waals surface area contributed by atoms with Crippen LogP contribution in [0.5, 0.6) is 0 Å². The Bertz CT molecular complexity index is 593. The molecule has 8 heteroatoms. The Balaban J connectivity index is 1.84. The molecular formula is C19H31N3O5. The second-order valence-electron chi connectivity index (χ2n) is 6.26. The molecule has 1 aromatic heterocycles. The summed E-state index contributed by atoms with van der Waals surface area (Å²) < 4.78 is 20.9. The Morgan fingerprint density at radius 3 is 2.93 bits per heavy atom. The van der Waals surface area contributed by atoms with E-state index in [-0.39, 0.29) is 12.6 Å². The first kappa shape index (κ1) is 21.6. The molecule has 152 valence electrons. The summed E-state index contributed by atoms with van der Waals surface area (Å²) in [5, 5.41) is 6.74. The van der Waals surface area contributed by atoms with E-state index in [0.717, 1.165) is 49.4 Å². The second kappa shape index (κ2) is 11.9. The largest absolute Gasteiger partial charge is 0.464 e. The molecule has 0 aliphatic carbocycles. The van der Waals surface area contributed by atoms with Gasteiger partial charge < -0.3 is 29.6 Å². The first-order valence-corrected chi connectivity index (χ1v) is 9.45. The maximum absolute atomic E-state index is 11.2. The molecule has 0 fully saturated rings. The molecule has 1 aliphatic rings. The molecule has 2 heterocycles. The smallest absolute Gasteiger partial charge is 0.332 e. The van der Waals surface area contributed by atoms with Gasteiger partial charge in [-0.3, -0.25) is 0 Å². The predicted molar refractivity (Wildman–Crippen MR) is 102 cm³/mol. The summed E-state index contributed by atoms with van der Waals surface area (Å²) in [6, 6.07) is 2.18. The highest BCUT2D eigenvalue weighted by atomic mass is 16.7. The molecule has 1 aromatic rings. The van der Waals surface area contributed by atoms with E-state index in [4.69, 9.17) is 23.9 Å². The van der Waals surface area contributed by atoms with Gasteiger partial charge in [-0.25, -0.2) is 9.78 Å². The molecule has 0 aromatic carbocycles. The quantitative estimate of drug-likeness (QED) is 0.322. The van der Waals surface area contributed by atoms with Crippen molar-refractivity contribution in [1.29, 1.82) is 0 Å². The van der Waals surface area contributed by atoms with Crippen molar-refractivity contribution in [2.24, 2.45) is 0 Å². The number of hydrogen-bond donors (Lipinski definition) is 2. The SMILES string of the molecule is CCOC(=O)COCCCNCc1cc2c(nc1C(OC)OC)NCCC2. The summed E-state index contributed by atoms with van der Waals surface area (Å²) in [5.41, 5.74) is 3.09. The average Bonchev–Trinajstić information content (AvgIpc) is 2.68. The van der Waals surface area contributed by atoms with Crippen LogP contribution in [0.15, 0.2) is 6.07 Å². The van der Waals surface area contributed by atoms with Crippen LogP contribution in [0.4, 0.5) is 5.82 Å². The number of fused-ring (bicyclic) bond motifs is 1. The summed E-state index contributed by atoms with van der Waals surface area (Å²) in [7, 11) is 3.22. The molecule has 2 rings (SSSR count). The number of esters is 1. The Morgan fingerprint density at radius 2 is 2.19 bits per heavy atom. The molecule has 0 saturated heterocycles. The number of nitrogens with one attached hydrogen (secondary N) is 2. The Labute approximate surface area is 160 Å². The number of carbonyl (C=O) groups is 1. The van der Waals surface area contributed by atoms with Gasteiger partial charge in [-0.1, -0.05) is 0 Å². The molecule has 0 spiro atoms. The standard InChI is InChI=1S/C19H31N3O5/c1-4-27-16(23)13-26-10-6-8-20-12-15-11-14-7-5-9-21-18(14)22-17(15)19(24-2)25-3/h11,19-20H,4-10,12-13H2,1-3H3,(H,21,22). The third kappa shape index (κ3) is 6.73. The van der Waals surface area contributed by atoms with Gasteiger partial charge in [0.25, 0.3) is 0 Å². The van der Waals surface area contributed by atoms with Crippen LogP contribution in [0, 0.1) is 0 Å². The lowest BCUT2D eigenvalue weighted by molar-refractivity contribution is -0.148. The number of aromatic nitrogens is 1. The predicted octanol–water partition coefficient (Wildman–Crippen LogP) is 1.79. The molecule has 0 atom stereocenters. The van der Waals surface area contributed by atoms with E-state index in [1.807, 2.05) is 0 Å². The molecule has 0 radical (unpaired) electrons. The molecule has 27 heavy (non-hydrogen) atoms. The van der Waals surface area contributed by atoms with Crippen LogP contribution >= 0.6 is 0 Å². The van der Waals surface area contributed by atoms with Crippen LogP contribution in [0.3, 0.4) is 0 Å². The van der Waals surface area contributed by atoms with Crippen LogP contribution in [0.1, 0.15) is 42.9 Å². The number of pyridine rings is 1. The zero-order valence-electron chi connectivity index (χ0n) is 16.5. The fraction of sp³-hybridized carbons (Fsp3) is 0.684. The van der Waals surface area contributed by atoms with Gasteiger partial charge in [-0.15, -0.1) is 0 Å². The normalized spacial score (nSPS) is 13.3. The van der Waals surface area contributed by atoms with E-state index in [2.05, 4.69) is 16.7 Å². The first-order valence-electron chi connectivity index (χ1n) is 9.45. The van der Waals surface area contributed by atoms with Crippen LogP contribution in [-0.2, 0) is 36.7 Å². The average molecular weight is 381 g/mol. The monoisotopic (exact) mass is 381 g/mol. The number of anilines is 1. The van der Waals surface area contributed by atoms with Gasteiger partial charge in [0.2, 0.25) is 6.29 Å². The Kier molecular flexibility index (Phi) is 9.47. The van der Waals surface area contributed by atoms with E-state index in [1.54, 1.807) is 21.1 Å². The van der Waals surface area contributed by atoms with E-state index < -0.39 is 6.29 Å². The highest BCUT2D eigenvalue weighted by Crippen LogP contribution is 2.27. The number of hydrogen-bond acceptors (Lipinski definition) is 8. The van der Waals surface area contributed by atoms with E-state index >= 15 is 0 Å². The number of ether oxygens (including phenoxy) is 4. The van der Waals surface area contributed by atoms with Crippen molar-refractivity contribution < 1.29 is 23.7 Å². The fourth-order valence-electron chi connectivity index (χ4n) is 2.99. The zero-order chi connectivity index (χ0) is 19.5. The molecule has 0 amide bonds. The lowest BCUT2D eigenvalue weighted by Crippen LogP contribution is -2.22. The zero-order valence-corrected chi connectivity index (χ0v) is 16.5. The van der Waals surface area contributed by atoms with E-state index in [9.17, 15) is 4.79 Å². The number of rotatable bonds is 12. The van der Waals surface area contributed by atoms with Gasteiger partial charge in [0.15, 0.2) is 0 Å². The molecule has 0 saturated carbocycles. The van der Waals surface area contributed by atoms with Crippen molar-refractivity contribution in [3.05, 3.63) is 22.9 Å². The molecular weight excluding hydrogens is 350 g/mol. The van der Waals surface area contributed by atoms with Crippen LogP contribution in [-0.4, -0.2) is 58.1 Å². The second-order valence-corrected chi connectivity index (χ2v) is 6.26. The Hall–Kier alpha value is -1.74. The maximum atomic E-state index is 11.2. The van der Waals surface area contributed by atoms with Crippen LogP contribution in [0.2, 0.25) is 0 Å². The molecule has 0 bridgehead atoms. The van der Waals surface area contributed by atoms with Crippen LogP contribution in [0.25, 0.3) is 0 Å². The van der Waals surface area contributed by atoms with Crippen molar-refractivity contribution in [3.63, 3.8) is 0 Å². The van der Waals surface area contributed by atoms with Gasteiger partial charge in [0.1, 0.15) is 18.1 Å². The van der Waals surface area contributed by atoms with E-state index in [1.165, 1.54) is 5.56 Å². The van der Waals surface area contributed by atoms with Gasteiger partial charge in [0, 0.05) is 33.9 Å². The minimum atomic E-state index is -0.497. The van der Waals surface area contributed by atoms with Gasteiger partial charge in [-0.05, 0) is 49.9 Å². The molecule has 1 aliphatic heterocycles. The van der Waals surface area contributed by atoms with Crippen molar-refractivity contribution >= 4 is 11.8 Å². The number of carbonyl (C=O) groups excluding carboxylic acids is 1.